The number of aryl methyl sites for hydroxylation is 2. The van der Waals surface area contributed by atoms with Gasteiger partial charge in [-0.3, -0.25) is 9.36 Å². The van der Waals surface area contributed by atoms with Crippen LogP contribution in [0.25, 0.3) is 0 Å². The van der Waals surface area contributed by atoms with E-state index < -0.39 is 5.60 Å². The molecule has 0 saturated heterocycles. The van der Waals surface area contributed by atoms with Gasteiger partial charge in [-0.15, -0.1) is 0 Å². The van der Waals surface area contributed by atoms with Crippen molar-refractivity contribution in [3.63, 3.8) is 0 Å². The molecular weight excluding hydrogens is 294 g/mol. The third-order valence-corrected chi connectivity index (χ3v) is 3.45. The highest BCUT2D eigenvalue weighted by Crippen LogP contribution is 2.18. The minimum atomic E-state index is -1.03. The molecule has 0 aliphatic heterocycles. The van der Waals surface area contributed by atoms with Crippen LogP contribution in [0.5, 0.6) is 0 Å². The predicted octanol–water partition coefficient (Wildman–Crippen LogP) is 0.116. The second kappa shape index (κ2) is 7.28. The Kier molecular flexibility index (Phi) is 5.38. The maximum absolute atomic E-state index is 10.6. The standard InChI is InChI=1S/C15H25N7O/c1-5-16-14(17-6-12-7-19-21(3)9-12)18-11-15(2,23)13-8-20-22(4)10-13/h7-10,23H,5-6,11H2,1-4H3,(H2,16,17,18). The van der Waals surface area contributed by atoms with Crippen molar-refractivity contribution >= 4 is 5.96 Å². The van der Waals surface area contributed by atoms with Crippen molar-refractivity contribution in [3.05, 3.63) is 35.9 Å². The molecule has 0 amide bonds. The minimum Gasteiger partial charge on any atom is -0.383 e. The van der Waals surface area contributed by atoms with E-state index in [1.54, 1.807) is 34.9 Å². The molecule has 0 aliphatic rings. The first-order chi connectivity index (χ1) is 10.9. The summed E-state index contributed by atoms with van der Waals surface area (Å²) in [5.74, 6) is 0.653. The number of rotatable bonds is 6. The molecule has 126 valence electrons. The van der Waals surface area contributed by atoms with Gasteiger partial charge in [0.25, 0.3) is 0 Å². The fourth-order valence-electron chi connectivity index (χ4n) is 2.12. The van der Waals surface area contributed by atoms with Crippen molar-refractivity contribution in [3.8, 4) is 0 Å². The van der Waals surface area contributed by atoms with Crippen molar-refractivity contribution in [1.82, 2.24) is 30.2 Å². The third-order valence-electron chi connectivity index (χ3n) is 3.45. The average molecular weight is 319 g/mol. The molecule has 3 N–H and O–H groups in total. The molecule has 0 radical (unpaired) electrons. The Hall–Kier alpha value is -2.35. The highest BCUT2D eigenvalue weighted by Gasteiger charge is 2.24. The summed E-state index contributed by atoms with van der Waals surface area (Å²) >= 11 is 0. The second-order valence-electron chi connectivity index (χ2n) is 5.75. The molecule has 2 heterocycles. The van der Waals surface area contributed by atoms with Crippen molar-refractivity contribution in [2.45, 2.75) is 26.0 Å². The highest BCUT2D eigenvalue weighted by molar-refractivity contribution is 5.79. The fourth-order valence-corrected chi connectivity index (χ4v) is 2.12. The first kappa shape index (κ1) is 17.0. The van der Waals surface area contributed by atoms with Gasteiger partial charge in [0, 0.05) is 44.2 Å². The van der Waals surface area contributed by atoms with E-state index in [1.165, 1.54) is 0 Å². The van der Waals surface area contributed by atoms with Gasteiger partial charge in [0.05, 0.1) is 25.5 Å². The average Bonchev–Trinajstić information content (AvgIpc) is 3.11. The SMILES string of the molecule is CCNC(=NCc1cnn(C)c1)NCC(C)(O)c1cnn(C)c1. The minimum absolute atomic E-state index is 0.331. The van der Waals surface area contributed by atoms with E-state index in [0.29, 0.717) is 19.0 Å². The van der Waals surface area contributed by atoms with Gasteiger partial charge in [0.1, 0.15) is 5.60 Å². The van der Waals surface area contributed by atoms with Crippen LogP contribution in [0.3, 0.4) is 0 Å². The van der Waals surface area contributed by atoms with E-state index in [2.05, 4.69) is 25.8 Å². The Bertz CT molecular complexity index is 656. The fraction of sp³-hybridized carbons (Fsp3) is 0.533. The molecule has 2 aromatic heterocycles. The van der Waals surface area contributed by atoms with Gasteiger partial charge in [-0.25, -0.2) is 4.99 Å². The molecule has 0 aliphatic carbocycles. The molecule has 1 atom stereocenters. The topological polar surface area (TPSA) is 92.3 Å². The molecule has 2 rings (SSSR count). The van der Waals surface area contributed by atoms with Crippen LogP contribution >= 0.6 is 0 Å². The normalized spacial score (nSPS) is 14.6. The van der Waals surface area contributed by atoms with E-state index >= 15 is 0 Å². The van der Waals surface area contributed by atoms with Crippen molar-refractivity contribution in [1.29, 1.82) is 0 Å². The Balaban J connectivity index is 1.98. The van der Waals surface area contributed by atoms with E-state index in [1.807, 2.05) is 27.2 Å². The summed E-state index contributed by atoms with van der Waals surface area (Å²) in [6.07, 6.45) is 7.19. The number of aromatic nitrogens is 4. The van der Waals surface area contributed by atoms with Gasteiger partial charge in [-0.05, 0) is 13.8 Å². The molecule has 0 saturated carbocycles. The first-order valence-electron chi connectivity index (χ1n) is 7.62. The zero-order chi connectivity index (χ0) is 16.9. The number of aliphatic imine (C=N–C) groups is 1. The lowest BCUT2D eigenvalue weighted by Gasteiger charge is -2.23. The maximum Gasteiger partial charge on any atom is 0.191 e. The second-order valence-corrected chi connectivity index (χ2v) is 5.75. The Morgan fingerprint density at radius 3 is 2.48 bits per heavy atom. The van der Waals surface area contributed by atoms with Crippen LogP contribution in [0.1, 0.15) is 25.0 Å². The van der Waals surface area contributed by atoms with Crippen molar-refractivity contribution in [2.24, 2.45) is 19.1 Å². The molecule has 0 bridgehead atoms. The van der Waals surface area contributed by atoms with Gasteiger partial charge in [0.2, 0.25) is 0 Å². The lowest BCUT2D eigenvalue weighted by molar-refractivity contribution is 0.0616. The molecule has 0 aromatic carbocycles. The van der Waals surface area contributed by atoms with Crippen molar-refractivity contribution in [2.75, 3.05) is 13.1 Å². The maximum atomic E-state index is 10.6. The summed E-state index contributed by atoms with van der Waals surface area (Å²) in [5.41, 5.74) is 0.762. The van der Waals surface area contributed by atoms with Crippen molar-refractivity contribution < 1.29 is 5.11 Å². The predicted molar refractivity (Wildman–Crippen MR) is 88.8 cm³/mol. The van der Waals surface area contributed by atoms with Crippen LogP contribution in [-0.4, -0.2) is 43.7 Å². The summed E-state index contributed by atoms with van der Waals surface area (Å²) in [4.78, 5) is 4.51. The number of guanidine groups is 1. The van der Waals surface area contributed by atoms with Gasteiger partial charge in [-0.2, -0.15) is 10.2 Å². The molecular formula is C15H25N7O. The Morgan fingerprint density at radius 2 is 1.91 bits per heavy atom. The van der Waals surface area contributed by atoms with E-state index in [9.17, 15) is 5.11 Å². The van der Waals surface area contributed by atoms with E-state index in [0.717, 1.165) is 17.7 Å². The number of hydrogen-bond acceptors (Lipinski definition) is 4. The molecule has 1 unspecified atom stereocenters. The van der Waals surface area contributed by atoms with Gasteiger partial charge in [0.15, 0.2) is 5.96 Å². The molecule has 23 heavy (non-hydrogen) atoms. The Morgan fingerprint density at radius 1 is 1.22 bits per heavy atom. The lowest BCUT2D eigenvalue weighted by atomic mass is 10.00. The zero-order valence-corrected chi connectivity index (χ0v) is 14.1. The van der Waals surface area contributed by atoms with Crippen LogP contribution in [0.2, 0.25) is 0 Å². The van der Waals surface area contributed by atoms with Crippen LogP contribution < -0.4 is 10.6 Å². The van der Waals surface area contributed by atoms with E-state index in [4.69, 9.17) is 0 Å². The monoisotopic (exact) mass is 319 g/mol. The summed E-state index contributed by atoms with van der Waals surface area (Å²) < 4.78 is 3.42. The quantitative estimate of drug-likeness (QED) is 0.519. The van der Waals surface area contributed by atoms with E-state index in [-0.39, 0.29) is 0 Å². The Labute approximate surface area is 136 Å². The third kappa shape index (κ3) is 4.82. The first-order valence-corrected chi connectivity index (χ1v) is 7.62. The summed E-state index contributed by atoms with van der Waals surface area (Å²) in [7, 11) is 3.70. The zero-order valence-electron chi connectivity index (χ0n) is 14.1. The number of aliphatic hydroxyl groups is 1. The molecule has 2 aromatic rings. The van der Waals surface area contributed by atoms with Gasteiger partial charge >= 0.3 is 0 Å². The van der Waals surface area contributed by atoms with Gasteiger partial charge < -0.3 is 15.7 Å². The van der Waals surface area contributed by atoms with Gasteiger partial charge in [-0.1, -0.05) is 0 Å². The summed E-state index contributed by atoms with van der Waals surface area (Å²) in [5, 5.41) is 25.2. The van der Waals surface area contributed by atoms with Crippen LogP contribution in [0, 0.1) is 0 Å². The molecule has 0 spiro atoms. The number of nitrogens with one attached hydrogen (secondary N) is 2. The lowest BCUT2D eigenvalue weighted by Crippen LogP contribution is -2.44. The highest BCUT2D eigenvalue weighted by atomic mass is 16.3. The molecule has 8 heteroatoms. The summed E-state index contributed by atoms with van der Waals surface area (Å²) in [6, 6.07) is 0. The number of nitrogens with zero attached hydrogens (tertiary/aromatic N) is 5. The molecule has 8 nitrogen and oxygen atoms in total. The largest absolute Gasteiger partial charge is 0.383 e. The van der Waals surface area contributed by atoms with Crippen LogP contribution in [0.15, 0.2) is 29.8 Å². The summed E-state index contributed by atoms with van der Waals surface area (Å²) in [6.45, 7) is 5.35. The molecule has 0 fully saturated rings. The smallest absolute Gasteiger partial charge is 0.191 e. The van der Waals surface area contributed by atoms with Crippen LogP contribution in [0.4, 0.5) is 0 Å². The van der Waals surface area contributed by atoms with Crippen LogP contribution in [-0.2, 0) is 26.2 Å². The number of hydrogen-bond donors (Lipinski definition) is 3.